The Morgan fingerprint density at radius 2 is 2.08 bits per heavy atom. The third kappa shape index (κ3) is 3.43. The summed E-state index contributed by atoms with van der Waals surface area (Å²) < 4.78 is 43.5. The third-order valence-electron chi connectivity index (χ3n) is 3.58. The Morgan fingerprint density at radius 3 is 2.80 bits per heavy atom. The number of aromatic nitrogens is 2. The van der Waals surface area contributed by atoms with Gasteiger partial charge in [-0.3, -0.25) is 10.1 Å². The zero-order valence-corrected chi connectivity index (χ0v) is 13.4. The number of amides is 1. The second kappa shape index (κ2) is 5.73. The highest BCUT2D eigenvalue weighted by Crippen LogP contribution is 2.32. The number of oxazole rings is 1. The second-order valence-corrected chi connectivity index (χ2v) is 6.47. The molecule has 1 aromatic carbocycles. The van der Waals surface area contributed by atoms with Crippen LogP contribution in [-0.2, 0) is 6.18 Å². The normalized spacial score (nSPS) is 14.7. The molecule has 25 heavy (non-hydrogen) atoms. The molecule has 1 amide bonds. The zero-order valence-electron chi connectivity index (χ0n) is 12.6. The van der Waals surface area contributed by atoms with Crippen LogP contribution in [0.25, 0.3) is 11.1 Å². The molecule has 0 spiro atoms. The van der Waals surface area contributed by atoms with E-state index in [-0.39, 0.29) is 34.8 Å². The van der Waals surface area contributed by atoms with E-state index >= 15 is 0 Å². The first-order valence-corrected chi connectivity index (χ1v) is 8.28. The molecule has 1 saturated carbocycles. The maximum atomic E-state index is 12.7. The van der Waals surface area contributed by atoms with Crippen LogP contribution < -0.4 is 10.6 Å². The zero-order chi connectivity index (χ0) is 17.6. The Kier molecular flexibility index (Phi) is 3.64. The number of hydrogen-bond donors (Lipinski definition) is 2. The smallest absolute Gasteiger partial charge is 0.416 e. The van der Waals surface area contributed by atoms with Crippen molar-refractivity contribution in [3.63, 3.8) is 0 Å². The van der Waals surface area contributed by atoms with Crippen molar-refractivity contribution in [2.45, 2.75) is 25.1 Å². The average Bonchev–Trinajstić information content (AvgIpc) is 3.08. The van der Waals surface area contributed by atoms with Crippen LogP contribution in [0.2, 0.25) is 0 Å². The van der Waals surface area contributed by atoms with E-state index < -0.39 is 11.7 Å². The van der Waals surface area contributed by atoms with Gasteiger partial charge in [0, 0.05) is 11.4 Å². The highest BCUT2D eigenvalue weighted by molar-refractivity contribution is 7.14. The summed E-state index contributed by atoms with van der Waals surface area (Å²) in [5.41, 5.74) is -0.220. The van der Waals surface area contributed by atoms with E-state index in [0.717, 1.165) is 25.0 Å². The summed E-state index contributed by atoms with van der Waals surface area (Å²) >= 11 is 1.17. The van der Waals surface area contributed by atoms with E-state index in [2.05, 4.69) is 20.6 Å². The van der Waals surface area contributed by atoms with Gasteiger partial charge in [0.1, 0.15) is 11.2 Å². The molecule has 1 aliphatic rings. The Hall–Kier alpha value is -2.62. The predicted octanol–water partition coefficient (Wildman–Crippen LogP) is 3.94. The van der Waals surface area contributed by atoms with Gasteiger partial charge in [0.15, 0.2) is 10.7 Å². The molecule has 10 heteroatoms. The lowest BCUT2D eigenvalue weighted by Crippen LogP contribution is -2.25. The van der Waals surface area contributed by atoms with E-state index in [0.29, 0.717) is 5.13 Å². The van der Waals surface area contributed by atoms with Gasteiger partial charge in [-0.1, -0.05) is 0 Å². The van der Waals surface area contributed by atoms with Gasteiger partial charge in [-0.05, 0) is 31.0 Å². The molecular weight excluding hydrogens is 357 g/mol. The molecule has 2 heterocycles. The van der Waals surface area contributed by atoms with Crippen LogP contribution in [0.15, 0.2) is 28.0 Å². The van der Waals surface area contributed by atoms with E-state index in [9.17, 15) is 18.0 Å². The van der Waals surface area contributed by atoms with Crippen LogP contribution in [0, 0.1) is 0 Å². The summed E-state index contributed by atoms with van der Waals surface area (Å²) in [6.45, 7) is 0. The van der Waals surface area contributed by atoms with E-state index in [1.54, 1.807) is 5.38 Å². The number of rotatable bonds is 4. The number of anilines is 2. The molecule has 0 unspecified atom stereocenters. The fraction of sp³-hybridized carbons (Fsp3) is 0.267. The van der Waals surface area contributed by atoms with Crippen LogP contribution in [-0.4, -0.2) is 21.9 Å². The molecule has 130 valence electrons. The Labute approximate surface area is 143 Å². The molecule has 1 fully saturated rings. The number of benzene rings is 1. The summed E-state index contributed by atoms with van der Waals surface area (Å²) in [5, 5.41) is 7.54. The number of carbonyl (C=O) groups is 1. The Balaban J connectivity index is 1.52. The molecule has 0 saturated heterocycles. The highest BCUT2D eigenvalue weighted by Gasteiger charge is 2.31. The quantitative estimate of drug-likeness (QED) is 0.729. The highest BCUT2D eigenvalue weighted by atomic mass is 32.1. The van der Waals surface area contributed by atoms with E-state index in [1.165, 1.54) is 17.4 Å². The number of carbonyl (C=O) groups excluding carboxylic acids is 1. The summed E-state index contributed by atoms with van der Waals surface area (Å²) in [7, 11) is 0. The van der Waals surface area contributed by atoms with Crippen molar-refractivity contribution >= 4 is 39.5 Å². The predicted molar refractivity (Wildman–Crippen MR) is 84.9 cm³/mol. The summed E-state index contributed by atoms with van der Waals surface area (Å²) in [5.74, 6) is -0.251. The third-order valence-corrected chi connectivity index (χ3v) is 4.34. The molecule has 0 bridgehead atoms. The SMILES string of the molecule is O=C(NC1CC1)c1csc(Nc2nc3cc(C(F)(F)F)ccc3o2)n1. The molecule has 4 rings (SSSR count). The van der Waals surface area contributed by atoms with Gasteiger partial charge in [-0.15, -0.1) is 11.3 Å². The summed E-state index contributed by atoms with van der Waals surface area (Å²) in [4.78, 5) is 20.0. The van der Waals surface area contributed by atoms with Gasteiger partial charge in [0.05, 0.1) is 5.56 Å². The van der Waals surface area contributed by atoms with Gasteiger partial charge >= 0.3 is 12.2 Å². The molecule has 0 radical (unpaired) electrons. The fourth-order valence-electron chi connectivity index (χ4n) is 2.17. The number of thiazole rings is 1. The van der Waals surface area contributed by atoms with Crippen LogP contribution in [0.1, 0.15) is 28.9 Å². The molecule has 0 atom stereocenters. The first-order chi connectivity index (χ1) is 11.9. The van der Waals surface area contributed by atoms with Gasteiger partial charge < -0.3 is 9.73 Å². The largest absolute Gasteiger partial charge is 0.423 e. The maximum absolute atomic E-state index is 12.7. The minimum atomic E-state index is -4.44. The Bertz CT molecular complexity index is 946. The molecular formula is C15H11F3N4O2S. The number of alkyl halides is 3. The van der Waals surface area contributed by atoms with Crippen molar-refractivity contribution < 1.29 is 22.4 Å². The van der Waals surface area contributed by atoms with Crippen molar-refractivity contribution in [2.24, 2.45) is 0 Å². The first kappa shape index (κ1) is 15.9. The van der Waals surface area contributed by atoms with Crippen molar-refractivity contribution in [3.8, 4) is 0 Å². The monoisotopic (exact) mass is 368 g/mol. The first-order valence-electron chi connectivity index (χ1n) is 7.40. The van der Waals surface area contributed by atoms with Crippen LogP contribution in [0.4, 0.5) is 24.3 Å². The van der Waals surface area contributed by atoms with Crippen LogP contribution in [0.5, 0.6) is 0 Å². The van der Waals surface area contributed by atoms with Gasteiger partial charge in [0.2, 0.25) is 0 Å². The van der Waals surface area contributed by atoms with E-state index in [1.807, 2.05) is 0 Å². The lowest BCUT2D eigenvalue weighted by atomic mass is 10.2. The molecule has 1 aliphatic carbocycles. The molecule has 0 aliphatic heterocycles. The number of nitrogens with zero attached hydrogens (tertiary/aromatic N) is 2. The Morgan fingerprint density at radius 1 is 1.28 bits per heavy atom. The van der Waals surface area contributed by atoms with Crippen LogP contribution >= 0.6 is 11.3 Å². The molecule has 2 N–H and O–H groups in total. The van der Waals surface area contributed by atoms with Crippen molar-refractivity contribution in [2.75, 3.05) is 5.32 Å². The molecule has 2 aromatic heterocycles. The summed E-state index contributed by atoms with van der Waals surface area (Å²) in [6, 6.07) is 3.30. The number of fused-ring (bicyclic) bond motifs is 1. The fourth-order valence-corrected chi connectivity index (χ4v) is 2.85. The maximum Gasteiger partial charge on any atom is 0.416 e. The number of nitrogens with one attached hydrogen (secondary N) is 2. The average molecular weight is 368 g/mol. The minimum Gasteiger partial charge on any atom is -0.423 e. The number of hydrogen-bond acceptors (Lipinski definition) is 6. The van der Waals surface area contributed by atoms with Gasteiger partial charge in [0.25, 0.3) is 5.91 Å². The summed E-state index contributed by atoms with van der Waals surface area (Å²) in [6.07, 6.45) is -2.49. The van der Waals surface area contributed by atoms with E-state index in [4.69, 9.17) is 4.42 Å². The second-order valence-electron chi connectivity index (χ2n) is 5.61. The van der Waals surface area contributed by atoms with Gasteiger partial charge in [-0.2, -0.15) is 18.2 Å². The lowest BCUT2D eigenvalue weighted by Gasteiger charge is -2.04. The topological polar surface area (TPSA) is 80.0 Å². The molecule has 6 nitrogen and oxygen atoms in total. The minimum absolute atomic E-state index is 0.0119. The van der Waals surface area contributed by atoms with Crippen molar-refractivity contribution in [3.05, 3.63) is 34.8 Å². The van der Waals surface area contributed by atoms with Crippen molar-refractivity contribution in [1.82, 2.24) is 15.3 Å². The number of halogens is 3. The standard InChI is InChI=1S/C15H11F3N4O2S/c16-15(17,18)7-1-4-11-9(5-7)20-13(24-11)22-14-21-10(6-25-14)12(23)19-8-2-3-8/h1,4-6,8H,2-3H2,(H,19,23)(H,20,21,22). The van der Waals surface area contributed by atoms with Crippen LogP contribution in [0.3, 0.4) is 0 Å². The lowest BCUT2D eigenvalue weighted by molar-refractivity contribution is -0.137. The molecule has 3 aromatic rings. The van der Waals surface area contributed by atoms with Gasteiger partial charge in [-0.25, -0.2) is 4.98 Å². The van der Waals surface area contributed by atoms with Crippen molar-refractivity contribution in [1.29, 1.82) is 0 Å².